The molecule has 23 heavy (non-hydrogen) atoms. The maximum absolute atomic E-state index is 13.1. The molecule has 0 saturated heterocycles. The summed E-state index contributed by atoms with van der Waals surface area (Å²) < 4.78 is 26.0. The third-order valence-corrected chi connectivity index (χ3v) is 4.00. The number of carbonyl (C=O) groups is 2. The fourth-order valence-corrected chi connectivity index (χ4v) is 2.58. The number of carbonyl (C=O) groups excluding carboxylic acids is 2. The third-order valence-electron chi connectivity index (χ3n) is 2.91. The number of nitrogens with one attached hydrogen (secondary N) is 2. The Morgan fingerprint density at radius 1 is 1.00 bits per heavy atom. The summed E-state index contributed by atoms with van der Waals surface area (Å²) in [4.78, 5) is 24.1. The summed E-state index contributed by atoms with van der Waals surface area (Å²) in [6.07, 6.45) is 0. The van der Waals surface area contributed by atoms with Gasteiger partial charge in [0.15, 0.2) is 11.6 Å². The van der Waals surface area contributed by atoms with Crippen LogP contribution in [-0.2, 0) is 4.79 Å². The average molecular weight is 336 g/mol. The topological polar surface area (TPSA) is 58.2 Å². The average Bonchev–Trinajstić information content (AvgIpc) is 2.56. The number of rotatable bonds is 4. The van der Waals surface area contributed by atoms with Crippen molar-refractivity contribution in [2.75, 3.05) is 0 Å². The smallest absolute Gasteiger partial charge is 0.269 e. The molecule has 0 spiro atoms. The van der Waals surface area contributed by atoms with Crippen molar-refractivity contribution in [1.29, 1.82) is 0 Å². The Hall–Kier alpha value is -2.41. The van der Waals surface area contributed by atoms with E-state index >= 15 is 0 Å². The Kier molecular flexibility index (Phi) is 5.70. The van der Waals surface area contributed by atoms with Crippen molar-refractivity contribution < 1.29 is 18.4 Å². The molecule has 0 unspecified atom stereocenters. The van der Waals surface area contributed by atoms with Gasteiger partial charge in [0.25, 0.3) is 11.8 Å². The van der Waals surface area contributed by atoms with Crippen molar-refractivity contribution >= 4 is 23.6 Å². The summed E-state index contributed by atoms with van der Waals surface area (Å²) in [5.74, 6) is -2.81. The Bertz CT molecular complexity index is 710. The van der Waals surface area contributed by atoms with Gasteiger partial charge in [0.2, 0.25) is 0 Å². The van der Waals surface area contributed by atoms with E-state index in [1.807, 2.05) is 0 Å². The molecule has 2 rings (SSSR count). The zero-order chi connectivity index (χ0) is 16.8. The fourth-order valence-electron chi connectivity index (χ4n) is 1.69. The number of thioether (sulfide) groups is 1. The first kappa shape index (κ1) is 17.0. The van der Waals surface area contributed by atoms with E-state index in [1.54, 1.807) is 37.3 Å². The van der Waals surface area contributed by atoms with Crippen molar-refractivity contribution in [2.45, 2.75) is 17.1 Å². The van der Waals surface area contributed by atoms with Crippen LogP contribution in [-0.4, -0.2) is 17.1 Å². The summed E-state index contributed by atoms with van der Waals surface area (Å²) in [5.41, 5.74) is 5.01. The second-order valence-corrected chi connectivity index (χ2v) is 6.06. The lowest BCUT2D eigenvalue weighted by Crippen LogP contribution is -2.44. The molecule has 4 nitrogen and oxygen atoms in total. The summed E-state index contributed by atoms with van der Waals surface area (Å²) in [6, 6.07) is 11.8. The van der Waals surface area contributed by atoms with Crippen LogP contribution < -0.4 is 10.9 Å². The minimum absolute atomic E-state index is 0.411. The van der Waals surface area contributed by atoms with Crippen molar-refractivity contribution in [3.8, 4) is 0 Å². The molecule has 2 amide bonds. The van der Waals surface area contributed by atoms with Gasteiger partial charge < -0.3 is 0 Å². The molecule has 0 saturated carbocycles. The second kappa shape index (κ2) is 7.73. The Morgan fingerprint density at radius 3 is 2.35 bits per heavy atom. The lowest BCUT2D eigenvalue weighted by molar-refractivity contribution is -0.121. The van der Waals surface area contributed by atoms with Crippen molar-refractivity contribution in [1.82, 2.24) is 10.9 Å². The molecular formula is C16H14F2N2O2S. The fraction of sp³-hybridized carbons (Fsp3) is 0.125. The van der Waals surface area contributed by atoms with E-state index in [-0.39, 0.29) is 0 Å². The lowest BCUT2D eigenvalue weighted by atomic mass is 10.2. The number of hydrogen-bond acceptors (Lipinski definition) is 3. The number of halogens is 2. The van der Waals surface area contributed by atoms with Gasteiger partial charge in [-0.15, -0.1) is 11.8 Å². The van der Waals surface area contributed by atoms with Crippen molar-refractivity contribution in [3.63, 3.8) is 0 Å². The molecule has 0 bridgehead atoms. The molecule has 0 radical (unpaired) electrons. The minimum atomic E-state index is -0.972. The quantitative estimate of drug-likeness (QED) is 0.667. The molecule has 2 N–H and O–H groups in total. The largest absolute Gasteiger partial charge is 0.272 e. The lowest BCUT2D eigenvalue weighted by Gasteiger charge is -2.13. The van der Waals surface area contributed by atoms with E-state index in [4.69, 9.17) is 0 Å². The molecule has 0 heterocycles. The second-order valence-electron chi connectivity index (χ2n) is 4.65. The maximum Gasteiger partial charge on any atom is 0.269 e. The van der Waals surface area contributed by atoms with Gasteiger partial charge in [0.05, 0.1) is 5.25 Å². The highest BCUT2D eigenvalue weighted by molar-refractivity contribution is 8.00. The van der Waals surface area contributed by atoms with Crippen LogP contribution in [0.3, 0.4) is 0 Å². The highest BCUT2D eigenvalue weighted by Crippen LogP contribution is 2.24. The van der Waals surface area contributed by atoms with E-state index < -0.39 is 28.7 Å². The van der Waals surface area contributed by atoms with Gasteiger partial charge in [-0.05, 0) is 37.3 Å². The Morgan fingerprint density at radius 2 is 1.70 bits per heavy atom. The van der Waals surface area contributed by atoms with E-state index in [0.29, 0.717) is 10.5 Å². The predicted molar refractivity (Wildman–Crippen MR) is 83.7 cm³/mol. The highest BCUT2D eigenvalue weighted by Gasteiger charge is 2.16. The van der Waals surface area contributed by atoms with Crippen LogP contribution in [0.15, 0.2) is 53.4 Å². The highest BCUT2D eigenvalue weighted by atomic mass is 32.2. The predicted octanol–water partition coefficient (Wildman–Crippen LogP) is 2.91. The minimum Gasteiger partial charge on any atom is -0.272 e. The van der Waals surface area contributed by atoms with Gasteiger partial charge in [-0.3, -0.25) is 20.4 Å². The first-order chi connectivity index (χ1) is 11.0. The molecule has 1 atom stereocenters. The standard InChI is InChI=1S/C16H14F2N2O2S/c1-10(23-12-7-8-13(17)14(18)9-12)15(21)19-20-16(22)11-5-3-2-4-6-11/h2-10H,1H3,(H,19,21)(H,20,22)/t10-/m1/s1. The van der Waals surface area contributed by atoms with Gasteiger partial charge >= 0.3 is 0 Å². The molecule has 0 aliphatic carbocycles. The van der Waals surface area contributed by atoms with Crippen molar-refractivity contribution in [3.05, 3.63) is 65.7 Å². The SMILES string of the molecule is C[C@@H](Sc1ccc(F)c(F)c1)C(=O)NNC(=O)c1ccccc1. The van der Waals surface area contributed by atoms with E-state index in [0.717, 1.165) is 23.9 Å². The first-order valence-electron chi connectivity index (χ1n) is 6.74. The van der Waals surface area contributed by atoms with E-state index in [2.05, 4.69) is 10.9 Å². The van der Waals surface area contributed by atoms with Gasteiger partial charge in [0.1, 0.15) is 0 Å². The van der Waals surface area contributed by atoms with E-state index in [9.17, 15) is 18.4 Å². The zero-order valence-corrected chi connectivity index (χ0v) is 13.0. The summed E-state index contributed by atoms with van der Waals surface area (Å²) in [5, 5.41) is -0.601. The van der Waals surface area contributed by atoms with Crippen LogP contribution in [0.25, 0.3) is 0 Å². The number of hydrogen-bond donors (Lipinski definition) is 2. The van der Waals surface area contributed by atoms with Gasteiger partial charge in [-0.25, -0.2) is 8.78 Å². The third kappa shape index (κ3) is 4.79. The molecule has 7 heteroatoms. The summed E-state index contributed by atoms with van der Waals surface area (Å²) >= 11 is 1.05. The molecule has 0 aromatic heterocycles. The normalized spacial score (nSPS) is 11.6. The Balaban J connectivity index is 1.87. The first-order valence-corrected chi connectivity index (χ1v) is 7.62. The molecular weight excluding hydrogens is 322 g/mol. The number of amides is 2. The molecule has 0 aliphatic rings. The summed E-state index contributed by atoms with van der Waals surface area (Å²) in [7, 11) is 0. The van der Waals surface area contributed by atoms with Crippen LogP contribution in [0.5, 0.6) is 0 Å². The van der Waals surface area contributed by atoms with Gasteiger partial charge in [0, 0.05) is 10.5 Å². The van der Waals surface area contributed by atoms with Crippen LogP contribution in [0.2, 0.25) is 0 Å². The molecule has 120 valence electrons. The Labute approximate surface area is 136 Å². The van der Waals surface area contributed by atoms with Crippen molar-refractivity contribution in [2.24, 2.45) is 0 Å². The van der Waals surface area contributed by atoms with Gasteiger partial charge in [-0.1, -0.05) is 18.2 Å². The molecule has 2 aromatic carbocycles. The number of hydrazine groups is 1. The summed E-state index contributed by atoms with van der Waals surface area (Å²) in [6.45, 7) is 1.59. The molecule has 0 aliphatic heterocycles. The monoisotopic (exact) mass is 336 g/mol. The molecule has 0 fully saturated rings. The van der Waals surface area contributed by atoms with E-state index in [1.165, 1.54) is 6.07 Å². The number of benzene rings is 2. The van der Waals surface area contributed by atoms with Crippen LogP contribution >= 0.6 is 11.8 Å². The van der Waals surface area contributed by atoms with Crippen LogP contribution in [0, 0.1) is 11.6 Å². The van der Waals surface area contributed by atoms with Crippen LogP contribution in [0.1, 0.15) is 17.3 Å². The van der Waals surface area contributed by atoms with Crippen LogP contribution in [0.4, 0.5) is 8.78 Å². The van der Waals surface area contributed by atoms with Gasteiger partial charge in [-0.2, -0.15) is 0 Å². The zero-order valence-electron chi connectivity index (χ0n) is 12.2. The molecule has 2 aromatic rings. The maximum atomic E-state index is 13.1.